The zero-order valence-corrected chi connectivity index (χ0v) is 5.06. The van der Waals surface area contributed by atoms with Crippen LogP contribution in [0, 0.1) is 0 Å². The van der Waals surface area contributed by atoms with Gasteiger partial charge in [-0.15, -0.1) is 10.2 Å². The van der Waals surface area contributed by atoms with Crippen LogP contribution in [0.4, 0.5) is 0 Å². The van der Waals surface area contributed by atoms with Crippen molar-refractivity contribution in [3.8, 4) is 0 Å². The number of hydrogen-bond donors (Lipinski definition) is 1. The molecule has 0 saturated carbocycles. The van der Waals surface area contributed by atoms with Gasteiger partial charge in [-0.25, -0.2) is 0 Å². The van der Waals surface area contributed by atoms with E-state index < -0.39 is 0 Å². The third-order valence-corrected chi connectivity index (χ3v) is 1.04. The summed E-state index contributed by atoms with van der Waals surface area (Å²) < 4.78 is 1.83. The number of rotatable bonds is 3. The first-order chi connectivity index (χ1) is 4.43. The summed E-state index contributed by atoms with van der Waals surface area (Å²) in [5.74, 6) is 0. The molecule has 4 heteroatoms. The molecule has 0 amide bonds. The van der Waals surface area contributed by atoms with Crippen LogP contribution >= 0.6 is 0 Å². The molecule has 0 atom stereocenters. The first-order valence-electron chi connectivity index (χ1n) is 2.87. The lowest BCUT2D eigenvalue weighted by Crippen LogP contribution is -1.96. The molecule has 0 bridgehead atoms. The number of nitrogens with zero attached hydrogens (tertiary/aromatic N) is 3. The number of aliphatic hydroxyl groups is 1. The normalized spacial score (nSPS) is 9.89. The highest BCUT2D eigenvalue weighted by Crippen LogP contribution is 1.85. The first kappa shape index (κ1) is 6.22. The van der Waals surface area contributed by atoms with E-state index in [2.05, 4.69) is 10.2 Å². The summed E-state index contributed by atoms with van der Waals surface area (Å²) in [5, 5.41) is 15.6. The second-order valence-electron chi connectivity index (χ2n) is 1.78. The fraction of sp³-hybridized carbons (Fsp3) is 0.600. The van der Waals surface area contributed by atoms with Crippen LogP contribution < -0.4 is 0 Å². The van der Waals surface area contributed by atoms with Gasteiger partial charge < -0.3 is 9.67 Å². The summed E-state index contributed by atoms with van der Waals surface area (Å²) in [6.07, 6.45) is 4.03. The minimum Gasteiger partial charge on any atom is -0.396 e. The molecule has 0 aliphatic heterocycles. The van der Waals surface area contributed by atoms with E-state index in [0.29, 0.717) is 0 Å². The van der Waals surface area contributed by atoms with Gasteiger partial charge in [-0.3, -0.25) is 0 Å². The predicted octanol–water partition coefficient (Wildman–Crippen LogP) is -0.340. The zero-order valence-electron chi connectivity index (χ0n) is 5.06. The Morgan fingerprint density at radius 2 is 2.00 bits per heavy atom. The van der Waals surface area contributed by atoms with Crippen molar-refractivity contribution in [3.05, 3.63) is 12.7 Å². The Labute approximate surface area is 53.1 Å². The number of aliphatic hydroxyl groups excluding tert-OH is 1. The molecule has 0 spiro atoms. The Kier molecular flexibility index (Phi) is 2.21. The molecule has 1 heterocycles. The van der Waals surface area contributed by atoms with Gasteiger partial charge in [0.25, 0.3) is 0 Å². The van der Waals surface area contributed by atoms with Crippen molar-refractivity contribution in [1.82, 2.24) is 14.8 Å². The van der Waals surface area contributed by atoms with Crippen LogP contribution in [0.2, 0.25) is 0 Å². The lowest BCUT2D eigenvalue weighted by molar-refractivity contribution is 0.279. The lowest BCUT2D eigenvalue weighted by atomic mass is 10.4. The molecule has 0 unspecified atom stereocenters. The van der Waals surface area contributed by atoms with Crippen LogP contribution in [-0.2, 0) is 6.54 Å². The summed E-state index contributed by atoms with van der Waals surface area (Å²) in [6.45, 7) is 1.02. The molecule has 0 radical (unpaired) electrons. The molecular formula is C5H9N3O. The fourth-order valence-electron chi connectivity index (χ4n) is 0.591. The molecule has 0 aliphatic carbocycles. The van der Waals surface area contributed by atoms with Crippen molar-refractivity contribution < 1.29 is 5.11 Å². The second kappa shape index (κ2) is 3.19. The van der Waals surface area contributed by atoms with Gasteiger partial charge in [-0.2, -0.15) is 0 Å². The summed E-state index contributed by atoms with van der Waals surface area (Å²) >= 11 is 0. The highest BCUT2D eigenvalue weighted by Gasteiger charge is 1.86. The molecule has 1 N–H and O–H groups in total. The van der Waals surface area contributed by atoms with E-state index in [0.717, 1.165) is 13.0 Å². The van der Waals surface area contributed by atoms with Crippen molar-refractivity contribution in [3.63, 3.8) is 0 Å². The molecule has 1 aromatic heterocycles. The van der Waals surface area contributed by atoms with Crippen molar-refractivity contribution >= 4 is 0 Å². The first-order valence-corrected chi connectivity index (χ1v) is 2.87. The van der Waals surface area contributed by atoms with Crippen molar-refractivity contribution in [2.24, 2.45) is 0 Å². The average molecular weight is 127 g/mol. The Balaban J connectivity index is 2.30. The average Bonchev–Trinajstić information content (AvgIpc) is 2.34. The smallest absolute Gasteiger partial charge is 0.119 e. The molecule has 9 heavy (non-hydrogen) atoms. The van der Waals surface area contributed by atoms with Crippen LogP contribution in [0.1, 0.15) is 6.42 Å². The van der Waals surface area contributed by atoms with E-state index >= 15 is 0 Å². The van der Waals surface area contributed by atoms with E-state index in [1.54, 1.807) is 12.7 Å². The van der Waals surface area contributed by atoms with Crippen molar-refractivity contribution in [2.75, 3.05) is 6.61 Å². The number of aryl methyl sites for hydroxylation is 1. The summed E-state index contributed by atoms with van der Waals surface area (Å²) in [6, 6.07) is 0. The molecule has 1 rings (SSSR count). The van der Waals surface area contributed by atoms with E-state index in [4.69, 9.17) is 5.11 Å². The van der Waals surface area contributed by atoms with Gasteiger partial charge >= 0.3 is 0 Å². The minimum atomic E-state index is 0.220. The van der Waals surface area contributed by atoms with Gasteiger partial charge in [0.05, 0.1) is 0 Å². The van der Waals surface area contributed by atoms with Gasteiger partial charge in [0.2, 0.25) is 0 Å². The Morgan fingerprint density at radius 3 is 2.56 bits per heavy atom. The Hall–Kier alpha value is -0.900. The maximum atomic E-state index is 8.41. The predicted molar refractivity (Wildman–Crippen MR) is 31.7 cm³/mol. The number of aromatic nitrogens is 3. The molecule has 0 aromatic carbocycles. The molecular weight excluding hydrogens is 118 g/mol. The largest absolute Gasteiger partial charge is 0.396 e. The maximum Gasteiger partial charge on any atom is 0.119 e. The van der Waals surface area contributed by atoms with Gasteiger partial charge in [0, 0.05) is 13.2 Å². The van der Waals surface area contributed by atoms with E-state index in [-0.39, 0.29) is 6.61 Å². The Bertz CT molecular complexity index is 149. The highest BCUT2D eigenvalue weighted by molar-refractivity contribution is 4.58. The third-order valence-electron chi connectivity index (χ3n) is 1.04. The monoisotopic (exact) mass is 127 g/mol. The quantitative estimate of drug-likeness (QED) is 0.604. The molecule has 0 aliphatic rings. The Morgan fingerprint density at radius 1 is 1.33 bits per heavy atom. The fourth-order valence-corrected chi connectivity index (χ4v) is 0.591. The summed E-state index contributed by atoms with van der Waals surface area (Å²) in [4.78, 5) is 0. The van der Waals surface area contributed by atoms with Gasteiger partial charge in [-0.1, -0.05) is 0 Å². The molecule has 50 valence electrons. The summed E-state index contributed by atoms with van der Waals surface area (Å²) in [5.41, 5.74) is 0. The maximum absolute atomic E-state index is 8.41. The van der Waals surface area contributed by atoms with Crippen LogP contribution in [0.3, 0.4) is 0 Å². The van der Waals surface area contributed by atoms with Crippen LogP contribution in [0.5, 0.6) is 0 Å². The van der Waals surface area contributed by atoms with Crippen LogP contribution in [0.15, 0.2) is 12.7 Å². The van der Waals surface area contributed by atoms with E-state index in [1.807, 2.05) is 4.57 Å². The second-order valence-corrected chi connectivity index (χ2v) is 1.78. The highest BCUT2D eigenvalue weighted by atomic mass is 16.3. The summed E-state index contributed by atoms with van der Waals surface area (Å²) in [7, 11) is 0. The van der Waals surface area contributed by atoms with Gasteiger partial charge in [-0.05, 0) is 6.42 Å². The standard InChI is InChI=1S/C5H9N3O/c9-3-1-2-8-4-6-7-5-8/h4-5,9H,1-3H2. The lowest BCUT2D eigenvalue weighted by Gasteiger charge is -1.94. The number of hydrogen-bond acceptors (Lipinski definition) is 3. The zero-order chi connectivity index (χ0) is 6.53. The SMILES string of the molecule is OCCCn1cnnc1. The van der Waals surface area contributed by atoms with Gasteiger partial charge in [0.15, 0.2) is 0 Å². The van der Waals surface area contributed by atoms with E-state index in [9.17, 15) is 0 Å². The molecule has 4 nitrogen and oxygen atoms in total. The molecule has 0 fully saturated rings. The van der Waals surface area contributed by atoms with Gasteiger partial charge in [0.1, 0.15) is 12.7 Å². The van der Waals surface area contributed by atoms with Crippen LogP contribution in [-0.4, -0.2) is 26.5 Å². The van der Waals surface area contributed by atoms with Crippen LogP contribution in [0.25, 0.3) is 0 Å². The van der Waals surface area contributed by atoms with Crippen molar-refractivity contribution in [2.45, 2.75) is 13.0 Å². The topological polar surface area (TPSA) is 50.9 Å². The molecule has 1 aromatic rings. The molecule has 0 saturated heterocycles. The van der Waals surface area contributed by atoms with Crippen molar-refractivity contribution in [1.29, 1.82) is 0 Å². The minimum absolute atomic E-state index is 0.220. The third kappa shape index (κ3) is 1.81. The van der Waals surface area contributed by atoms with E-state index in [1.165, 1.54) is 0 Å².